The number of aryl methyl sites for hydroxylation is 1. The fraction of sp³-hybridized carbons (Fsp3) is 0.176. The maximum absolute atomic E-state index is 12.5. The molecule has 0 aliphatic carbocycles. The van der Waals surface area contributed by atoms with E-state index in [-0.39, 0.29) is 12.2 Å². The highest BCUT2D eigenvalue weighted by Crippen LogP contribution is 2.29. The van der Waals surface area contributed by atoms with Crippen molar-refractivity contribution in [1.29, 1.82) is 0 Å². The SMILES string of the molecule is Cc1oc(-c2cccs2)nc1C(=O)NCc1ccc(C(F)(F)F)cc1. The number of nitrogens with one attached hydrogen (secondary N) is 1. The Bertz CT molecular complexity index is 868. The number of hydrogen-bond donors (Lipinski definition) is 1. The predicted octanol–water partition coefficient (Wildman–Crippen LogP) is 4.66. The third kappa shape index (κ3) is 3.90. The molecule has 2 heterocycles. The summed E-state index contributed by atoms with van der Waals surface area (Å²) in [5.41, 5.74) is -0.00759. The van der Waals surface area contributed by atoms with Crippen LogP contribution >= 0.6 is 11.3 Å². The summed E-state index contributed by atoms with van der Waals surface area (Å²) in [5.74, 6) is 0.310. The first-order valence-electron chi connectivity index (χ1n) is 7.30. The number of thiophene rings is 1. The Balaban J connectivity index is 1.67. The number of amides is 1. The van der Waals surface area contributed by atoms with Crippen LogP contribution in [0.4, 0.5) is 13.2 Å². The Labute approximate surface area is 145 Å². The number of hydrogen-bond acceptors (Lipinski definition) is 4. The van der Waals surface area contributed by atoms with Crippen molar-refractivity contribution < 1.29 is 22.4 Å². The van der Waals surface area contributed by atoms with E-state index < -0.39 is 17.6 Å². The van der Waals surface area contributed by atoms with Crippen molar-refractivity contribution in [2.45, 2.75) is 19.6 Å². The number of carbonyl (C=O) groups excluding carboxylic acids is 1. The van der Waals surface area contributed by atoms with Crippen LogP contribution in [0.3, 0.4) is 0 Å². The van der Waals surface area contributed by atoms with Gasteiger partial charge in [-0.15, -0.1) is 11.3 Å². The maximum Gasteiger partial charge on any atom is 0.416 e. The first-order chi connectivity index (χ1) is 11.8. The van der Waals surface area contributed by atoms with Crippen LogP contribution in [0, 0.1) is 6.92 Å². The molecule has 0 aliphatic heterocycles. The highest BCUT2D eigenvalue weighted by Gasteiger charge is 2.29. The van der Waals surface area contributed by atoms with E-state index in [2.05, 4.69) is 10.3 Å². The molecule has 0 radical (unpaired) electrons. The van der Waals surface area contributed by atoms with Gasteiger partial charge in [0, 0.05) is 6.54 Å². The molecule has 0 saturated heterocycles. The summed E-state index contributed by atoms with van der Waals surface area (Å²) in [6, 6.07) is 8.31. The number of nitrogens with zero attached hydrogens (tertiary/aromatic N) is 1. The topological polar surface area (TPSA) is 55.1 Å². The molecule has 0 atom stereocenters. The Morgan fingerprint density at radius 3 is 2.56 bits per heavy atom. The minimum atomic E-state index is -4.38. The molecule has 3 aromatic rings. The largest absolute Gasteiger partial charge is 0.440 e. The molecule has 4 nitrogen and oxygen atoms in total. The Hall–Kier alpha value is -2.61. The van der Waals surface area contributed by atoms with Gasteiger partial charge in [-0.2, -0.15) is 13.2 Å². The quantitative estimate of drug-likeness (QED) is 0.731. The summed E-state index contributed by atoms with van der Waals surface area (Å²) in [5, 5.41) is 4.51. The number of benzene rings is 1. The number of halogens is 3. The van der Waals surface area contributed by atoms with Crippen molar-refractivity contribution in [3.05, 3.63) is 64.4 Å². The van der Waals surface area contributed by atoms with Gasteiger partial charge >= 0.3 is 6.18 Å². The molecule has 0 spiro atoms. The highest BCUT2D eigenvalue weighted by atomic mass is 32.1. The van der Waals surface area contributed by atoms with E-state index in [0.717, 1.165) is 17.0 Å². The molecular weight excluding hydrogens is 353 g/mol. The van der Waals surface area contributed by atoms with E-state index in [0.29, 0.717) is 17.2 Å². The van der Waals surface area contributed by atoms with Gasteiger partial charge in [-0.3, -0.25) is 4.79 Å². The zero-order valence-corrected chi connectivity index (χ0v) is 13.9. The van der Waals surface area contributed by atoms with Crippen LogP contribution in [0.1, 0.15) is 27.4 Å². The smallest absolute Gasteiger partial charge is 0.416 e. The van der Waals surface area contributed by atoms with E-state index in [4.69, 9.17) is 4.42 Å². The van der Waals surface area contributed by atoms with E-state index in [1.165, 1.54) is 23.5 Å². The summed E-state index contributed by atoms with van der Waals surface area (Å²) in [6.07, 6.45) is -4.38. The predicted molar refractivity (Wildman–Crippen MR) is 87.2 cm³/mol. The van der Waals surface area contributed by atoms with Gasteiger partial charge in [-0.25, -0.2) is 4.98 Å². The molecule has 0 bridgehead atoms. The van der Waals surface area contributed by atoms with Crippen LogP contribution < -0.4 is 5.32 Å². The fourth-order valence-corrected chi connectivity index (χ4v) is 2.84. The lowest BCUT2D eigenvalue weighted by Crippen LogP contribution is -2.23. The van der Waals surface area contributed by atoms with Gasteiger partial charge in [0.2, 0.25) is 5.89 Å². The first-order valence-corrected chi connectivity index (χ1v) is 8.18. The van der Waals surface area contributed by atoms with Gasteiger partial charge in [-0.1, -0.05) is 18.2 Å². The average molecular weight is 366 g/mol. The van der Waals surface area contributed by atoms with Gasteiger partial charge in [-0.05, 0) is 36.1 Å². The molecule has 1 amide bonds. The average Bonchev–Trinajstić information content (AvgIpc) is 3.21. The molecule has 0 fully saturated rings. The standard InChI is InChI=1S/C17H13F3N2O2S/c1-10-14(22-16(24-10)13-3-2-8-25-13)15(23)21-9-11-4-6-12(7-5-11)17(18,19)20/h2-8H,9H2,1H3,(H,21,23). The van der Waals surface area contributed by atoms with E-state index >= 15 is 0 Å². The Morgan fingerprint density at radius 1 is 1.24 bits per heavy atom. The summed E-state index contributed by atoms with van der Waals surface area (Å²) < 4.78 is 43.1. The van der Waals surface area contributed by atoms with E-state index in [9.17, 15) is 18.0 Å². The molecule has 0 unspecified atom stereocenters. The molecule has 3 rings (SSSR count). The fourth-order valence-electron chi connectivity index (χ4n) is 2.19. The third-order valence-corrected chi connectivity index (χ3v) is 4.34. The lowest BCUT2D eigenvalue weighted by atomic mass is 10.1. The third-order valence-electron chi connectivity index (χ3n) is 3.48. The second-order valence-corrected chi connectivity index (χ2v) is 6.23. The maximum atomic E-state index is 12.5. The number of carbonyl (C=O) groups is 1. The number of oxazole rings is 1. The van der Waals surface area contributed by atoms with Crippen molar-refractivity contribution in [3.8, 4) is 10.8 Å². The van der Waals surface area contributed by atoms with Crippen LogP contribution in [-0.2, 0) is 12.7 Å². The summed E-state index contributed by atoms with van der Waals surface area (Å²) in [6.45, 7) is 1.73. The second kappa shape index (κ2) is 6.72. The zero-order valence-electron chi connectivity index (χ0n) is 13.1. The normalized spacial score (nSPS) is 11.5. The van der Waals surface area contributed by atoms with Crippen LogP contribution in [0.5, 0.6) is 0 Å². The highest BCUT2D eigenvalue weighted by molar-refractivity contribution is 7.13. The van der Waals surface area contributed by atoms with Gasteiger partial charge in [0.1, 0.15) is 5.76 Å². The van der Waals surface area contributed by atoms with Gasteiger partial charge < -0.3 is 9.73 Å². The monoisotopic (exact) mass is 366 g/mol. The van der Waals surface area contributed by atoms with E-state index in [1.54, 1.807) is 6.92 Å². The molecule has 25 heavy (non-hydrogen) atoms. The molecule has 8 heteroatoms. The van der Waals surface area contributed by atoms with Crippen molar-refractivity contribution in [2.24, 2.45) is 0 Å². The Kier molecular flexibility index (Phi) is 4.63. The molecule has 1 aromatic carbocycles. The van der Waals surface area contributed by atoms with E-state index in [1.807, 2.05) is 17.5 Å². The number of aromatic nitrogens is 1. The minimum absolute atomic E-state index is 0.0948. The van der Waals surface area contributed by atoms with Crippen LogP contribution in [0.25, 0.3) is 10.8 Å². The van der Waals surface area contributed by atoms with Crippen molar-refractivity contribution in [3.63, 3.8) is 0 Å². The summed E-state index contributed by atoms with van der Waals surface area (Å²) in [4.78, 5) is 17.2. The molecule has 1 N–H and O–H groups in total. The summed E-state index contributed by atoms with van der Waals surface area (Å²) in [7, 11) is 0. The molecule has 0 aliphatic rings. The summed E-state index contributed by atoms with van der Waals surface area (Å²) >= 11 is 1.44. The Morgan fingerprint density at radius 2 is 1.96 bits per heavy atom. The van der Waals surface area contributed by atoms with Gasteiger partial charge in [0.05, 0.1) is 10.4 Å². The number of rotatable bonds is 4. The first kappa shape index (κ1) is 17.2. The molecular formula is C17H13F3N2O2S. The second-order valence-electron chi connectivity index (χ2n) is 5.28. The lowest BCUT2D eigenvalue weighted by Gasteiger charge is -2.08. The lowest BCUT2D eigenvalue weighted by molar-refractivity contribution is -0.137. The molecule has 130 valence electrons. The van der Waals surface area contributed by atoms with Gasteiger partial charge in [0.15, 0.2) is 5.69 Å². The van der Waals surface area contributed by atoms with Crippen molar-refractivity contribution in [1.82, 2.24) is 10.3 Å². The number of alkyl halides is 3. The van der Waals surface area contributed by atoms with Crippen LogP contribution in [0.15, 0.2) is 46.2 Å². The van der Waals surface area contributed by atoms with Crippen molar-refractivity contribution in [2.75, 3.05) is 0 Å². The minimum Gasteiger partial charge on any atom is -0.440 e. The zero-order chi connectivity index (χ0) is 18.0. The van der Waals surface area contributed by atoms with Crippen molar-refractivity contribution >= 4 is 17.2 Å². The van der Waals surface area contributed by atoms with Crippen LogP contribution in [0.2, 0.25) is 0 Å². The van der Waals surface area contributed by atoms with Crippen LogP contribution in [-0.4, -0.2) is 10.9 Å². The van der Waals surface area contributed by atoms with Gasteiger partial charge in [0.25, 0.3) is 5.91 Å². The molecule has 2 aromatic heterocycles. The molecule has 0 saturated carbocycles.